The van der Waals surface area contributed by atoms with Crippen LogP contribution in [0, 0.1) is 19.7 Å². The highest BCUT2D eigenvalue weighted by Crippen LogP contribution is 2.32. The smallest absolute Gasteiger partial charge is 0.338 e. The van der Waals surface area contributed by atoms with Gasteiger partial charge in [0.15, 0.2) is 0 Å². The van der Waals surface area contributed by atoms with E-state index in [0.717, 1.165) is 21.6 Å². The number of amides is 2. The van der Waals surface area contributed by atoms with Gasteiger partial charge in [-0.05, 0) is 56.2 Å². The molecule has 2 aromatic rings. The molecule has 0 bridgehead atoms. The zero-order valence-corrected chi connectivity index (χ0v) is 17.4. The predicted octanol–water partition coefficient (Wildman–Crippen LogP) is 4.41. The van der Waals surface area contributed by atoms with Gasteiger partial charge in [0, 0.05) is 16.3 Å². The lowest BCUT2D eigenvalue weighted by atomic mass is 9.91. The number of halogens is 1. The molecule has 3 rings (SSSR count). The quantitative estimate of drug-likeness (QED) is 0.543. The highest BCUT2D eigenvalue weighted by molar-refractivity contribution is 7.99. The number of rotatable bonds is 6. The van der Waals surface area contributed by atoms with Gasteiger partial charge in [0.1, 0.15) is 5.82 Å². The number of thioether (sulfide) groups is 1. The van der Waals surface area contributed by atoms with E-state index < -0.39 is 12.0 Å². The number of aryl methyl sites for hydroxylation is 2. The van der Waals surface area contributed by atoms with Gasteiger partial charge in [0.05, 0.1) is 18.2 Å². The van der Waals surface area contributed by atoms with Crippen LogP contribution in [0.25, 0.3) is 0 Å². The van der Waals surface area contributed by atoms with Gasteiger partial charge in [-0.2, -0.15) is 0 Å². The molecule has 1 heterocycles. The normalized spacial score (nSPS) is 16.3. The van der Waals surface area contributed by atoms with E-state index in [0.29, 0.717) is 17.0 Å². The van der Waals surface area contributed by atoms with Gasteiger partial charge >= 0.3 is 12.0 Å². The number of ether oxygens (including phenoxy) is 1. The fourth-order valence-corrected chi connectivity index (χ4v) is 4.04. The monoisotopic (exact) mass is 414 g/mol. The minimum Gasteiger partial charge on any atom is -0.463 e. The number of esters is 1. The first-order valence-electron chi connectivity index (χ1n) is 9.32. The Morgan fingerprint density at radius 1 is 1.17 bits per heavy atom. The standard InChI is InChI=1S/C22H23FN2O3S/c1-4-28-21(26)19-18(12-29-16-9-7-15(23)8-10-16)24-22(27)25-20(19)17-11-13(2)5-6-14(17)3/h5-11,20H,4,12H2,1-3H3,(H2,24,25,27). The average molecular weight is 415 g/mol. The predicted molar refractivity (Wildman–Crippen MR) is 111 cm³/mol. The van der Waals surface area contributed by atoms with E-state index in [2.05, 4.69) is 10.6 Å². The average Bonchev–Trinajstić information content (AvgIpc) is 2.69. The lowest BCUT2D eigenvalue weighted by molar-refractivity contribution is -0.139. The van der Waals surface area contributed by atoms with Gasteiger partial charge < -0.3 is 15.4 Å². The van der Waals surface area contributed by atoms with Crippen LogP contribution in [0.2, 0.25) is 0 Å². The van der Waals surface area contributed by atoms with Crippen LogP contribution in [0.15, 0.2) is 58.6 Å². The summed E-state index contributed by atoms with van der Waals surface area (Å²) in [5.41, 5.74) is 3.73. The van der Waals surface area contributed by atoms with Crippen molar-refractivity contribution in [3.05, 3.63) is 76.2 Å². The van der Waals surface area contributed by atoms with E-state index in [4.69, 9.17) is 4.74 Å². The largest absolute Gasteiger partial charge is 0.463 e. The summed E-state index contributed by atoms with van der Waals surface area (Å²) in [5.74, 6) is -0.444. The second kappa shape index (κ2) is 9.13. The SMILES string of the molecule is CCOC(=O)C1=C(CSc2ccc(F)cc2)NC(=O)NC1c1cc(C)ccc1C. The molecule has 29 heavy (non-hydrogen) atoms. The van der Waals surface area contributed by atoms with Crippen LogP contribution in [-0.2, 0) is 9.53 Å². The zero-order chi connectivity index (χ0) is 21.0. The van der Waals surface area contributed by atoms with Crippen LogP contribution in [0.1, 0.15) is 29.7 Å². The Balaban J connectivity index is 2.00. The molecular formula is C22H23FN2O3S. The Morgan fingerprint density at radius 3 is 2.59 bits per heavy atom. The third-order valence-corrected chi connectivity index (χ3v) is 5.63. The lowest BCUT2D eigenvalue weighted by Gasteiger charge is -2.30. The maximum absolute atomic E-state index is 13.1. The summed E-state index contributed by atoms with van der Waals surface area (Å²) < 4.78 is 18.4. The summed E-state index contributed by atoms with van der Waals surface area (Å²) in [6.07, 6.45) is 0. The number of hydrogen-bond donors (Lipinski definition) is 2. The molecule has 0 aromatic heterocycles. The van der Waals surface area contributed by atoms with Crippen molar-refractivity contribution < 1.29 is 18.7 Å². The molecule has 2 N–H and O–H groups in total. The van der Waals surface area contributed by atoms with Crippen LogP contribution >= 0.6 is 11.8 Å². The highest BCUT2D eigenvalue weighted by atomic mass is 32.2. The molecule has 1 aliphatic rings. The third kappa shape index (κ3) is 4.98. The molecular weight excluding hydrogens is 391 g/mol. The highest BCUT2D eigenvalue weighted by Gasteiger charge is 2.34. The molecule has 2 aromatic carbocycles. The number of urea groups is 1. The molecule has 0 saturated carbocycles. The molecule has 0 aliphatic carbocycles. The molecule has 5 nitrogen and oxygen atoms in total. The molecule has 0 saturated heterocycles. The van der Waals surface area contributed by atoms with Gasteiger partial charge in [-0.3, -0.25) is 0 Å². The first kappa shape index (κ1) is 20.9. The first-order chi connectivity index (χ1) is 13.9. The van der Waals surface area contributed by atoms with E-state index in [9.17, 15) is 14.0 Å². The van der Waals surface area contributed by atoms with Crippen molar-refractivity contribution in [3.63, 3.8) is 0 Å². The van der Waals surface area contributed by atoms with Crippen LogP contribution in [0.3, 0.4) is 0 Å². The fourth-order valence-electron chi connectivity index (χ4n) is 3.17. The molecule has 1 aliphatic heterocycles. The Hall–Kier alpha value is -2.80. The molecule has 2 amide bonds. The van der Waals surface area contributed by atoms with Crippen molar-refractivity contribution in [2.45, 2.75) is 31.7 Å². The van der Waals surface area contributed by atoms with E-state index in [1.165, 1.54) is 23.9 Å². The first-order valence-corrected chi connectivity index (χ1v) is 10.3. The van der Waals surface area contributed by atoms with Crippen molar-refractivity contribution in [1.29, 1.82) is 0 Å². The second-order valence-electron chi connectivity index (χ2n) is 6.75. The van der Waals surface area contributed by atoms with Crippen LogP contribution < -0.4 is 10.6 Å². The van der Waals surface area contributed by atoms with Gasteiger partial charge in [-0.1, -0.05) is 23.8 Å². The summed E-state index contributed by atoms with van der Waals surface area (Å²) in [6, 6.07) is 11.0. The van der Waals surface area contributed by atoms with E-state index in [-0.39, 0.29) is 18.5 Å². The molecule has 1 unspecified atom stereocenters. The molecule has 0 fully saturated rings. The van der Waals surface area contributed by atoms with E-state index in [1.807, 2.05) is 32.0 Å². The van der Waals surface area contributed by atoms with E-state index in [1.54, 1.807) is 19.1 Å². The summed E-state index contributed by atoms with van der Waals surface area (Å²) in [7, 11) is 0. The third-order valence-electron chi connectivity index (χ3n) is 4.59. The number of benzene rings is 2. The Kier molecular flexibility index (Phi) is 6.59. The van der Waals surface area contributed by atoms with Crippen LogP contribution in [0.4, 0.5) is 9.18 Å². The molecule has 152 valence electrons. The second-order valence-corrected chi connectivity index (χ2v) is 7.80. The Bertz CT molecular complexity index is 957. The van der Waals surface area contributed by atoms with Gasteiger partial charge in [0.2, 0.25) is 0 Å². The number of carbonyl (C=O) groups is 2. The van der Waals surface area contributed by atoms with Gasteiger partial charge in [-0.25, -0.2) is 14.0 Å². The fraction of sp³-hybridized carbons (Fsp3) is 0.273. The van der Waals surface area contributed by atoms with Crippen LogP contribution in [0.5, 0.6) is 0 Å². The number of carbonyl (C=O) groups excluding carboxylic acids is 2. The topological polar surface area (TPSA) is 67.4 Å². The molecule has 0 radical (unpaired) electrons. The summed E-state index contributed by atoms with van der Waals surface area (Å²) in [4.78, 5) is 26.0. The van der Waals surface area contributed by atoms with Crippen molar-refractivity contribution in [2.24, 2.45) is 0 Å². The number of nitrogens with one attached hydrogen (secondary N) is 2. The van der Waals surface area contributed by atoms with Crippen molar-refractivity contribution >= 4 is 23.8 Å². The van der Waals surface area contributed by atoms with Crippen molar-refractivity contribution in [3.8, 4) is 0 Å². The van der Waals surface area contributed by atoms with Crippen molar-refractivity contribution in [1.82, 2.24) is 10.6 Å². The Morgan fingerprint density at radius 2 is 1.90 bits per heavy atom. The molecule has 7 heteroatoms. The maximum Gasteiger partial charge on any atom is 0.338 e. The summed E-state index contributed by atoms with van der Waals surface area (Å²) >= 11 is 1.41. The summed E-state index contributed by atoms with van der Waals surface area (Å²) in [5, 5.41) is 5.61. The number of hydrogen-bond acceptors (Lipinski definition) is 4. The van der Waals surface area contributed by atoms with Crippen LogP contribution in [-0.4, -0.2) is 24.4 Å². The van der Waals surface area contributed by atoms with Crippen molar-refractivity contribution in [2.75, 3.05) is 12.4 Å². The summed E-state index contributed by atoms with van der Waals surface area (Å²) in [6.45, 7) is 5.88. The zero-order valence-electron chi connectivity index (χ0n) is 16.5. The minimum atomic E-state index is -0.605. The molecule has 1 atom stereocenters. The van der Waals surface area contributed by atoms with Gasteiger partial charge in [-0.15, -0.1) is 11.8 Å². The van der Waals surface area contributed by atoms with Gasteiger partial charge in [0.25, 0.3) is 0 Å². The lowest BCUT2D eigenvalue weighted by Crippen LogP contribution is -2.46. The maximum atomic E-state index is 13.1. The minimum absolute atomic E-state index is 0.230. The molecule has 0 spiro atoms. The van der Waals surface area contributed by atoms with E-state index >= 15 is 0 Å². The Labute approximate surface area is 173 Å².